The van der Waals surface area contributed by atoms with Gasteiger partial charge in [0.25, 0.3) is 0 Å². The van der Waals surface area contributed by atoms with Crippen LogP contribution in [0.4, 0.5) is 13.2 Å². The van der Waals surface area contributed by atoms with Crippen LogP contribution >= 0.6 is 0 Å². The molecule has 0 radical (unpaired) electrons. The highest BCUT2D eigenvalue weighted by molar-refractivity contribution is 5.67. The van der Waals surface area contributed by atoms with Gasteiger partial charge in [0.05, 0.1) is 5.69 Å². The molecule has 106 valence electrons. The third-order valence-corrected chi connectivity index (χ3v) is 2.78. The van der Waals surface area contributed by atoms with Crippen molar-refractivity contribution in [1.29, 1.82) is 0 Å². The van der Waals surface area contributed by atoms with Gasteiger partial charge in [-0.25, -0.2) is 0 Å². The first-order valence-electron chi connectivity index (χ1n) is 6.18. The molecule has 0 aliphatic rings. The van der Waals surface area contributed by atoms with E-state index >= 15 is 0 Å². The van der Waals surface area contributed by atoms with Crippen LogP contribution < -0.4 is 4.74 Å². The molecular weight excluding hydrogens is 267 g/mol. The van der Waals surface area contributed by atoms with E-state index in [1.54, 1.807) is 24.4 Å². The zero-order valence-corrected chi connectivity index (χ0v) is 11.1. The summed E-state index contributed by atoms with van der Waals surface area (Å²) in [6.07, 6.45) is -2.96. The zero-order chi connectivity index (χ0) is 14.8. The number of benzene rings is 1. The fourth-order valence-corrected chi connectivity index (χ4v) is 1.96. The maximum Gasteiger partial charge on any atom is 0.573 e. The maximum absolute atomic E-state index is 12.1. The molecule has 0 unspecified atom stereocenters. The minimum Gasteiger partial charge on any atom is -0.406 e. The first kappa shape index (κ1) is 14.4. The van der Waals surface area contributed by atoms with Crippen LogP contribution in [-0.4, -0.2) is 11.3 Å². The van der Waals surface area contributed by atoms with Crippen molar-refractivity contribution in [2.45, 2.75) is 26.1 Å². The highest BCUT2D eigenvalue weighted by atomic mass is 19.4. The van der Waals surface area contributed by atoms with Gasteiger partial charge in [-0.05, 0) is 29.7 Å². The van der Waals surface area contributed by atoms with E-state index in [0.29, 0.717) is 0 Å². The van der Waals surface area contributed by atoms with Crippen molar-refractivity contribution >= 4 is 0 Å². The molecule has 2 nitrogen and oxygen atoms in total. The van der Waals surface area contributed by atoms with Crippen molar-refractivity contribution in [2.75, 3.05) is 0 Å². The topological polar surface area (TPSA) is 22.1 Å². The van der Waals surface area contributed by atoms with E-state index < -0.39 is 6.36 Å². The minimum atomic E-state index is -4.67. The first-order chi connectivity index (χ1) is 9.37. The Bertz CT molecular complexity index is 576. The van der Waals surface area contributed by atoms with Gasteiger partial charge < -0.3 is 4.74 Å². The van der Waals surface area contributed by atoms with Crippen molar-refractivity contribution in [3.8, 4) is 16.9 Å². The molecular formula is C15H14F3NO. The lowest BCUT2D eigenvalue weighted by atomic mass is 9.98. The Kier molecular flexibility index (Phi) is 3.97. The van der Waals surface area contributed by atoms with Gasteiger partial charge in [0.2, 0.25) is 0 Å². The fraction of sp³-hybridized carbons (Fsp3) is 0.267. The quantitative estimate of drug-likeness (QED) is 0.808. The average Bonchev–Trinajstić information content (AvgIpc) is 2.38. The lowest BCUT2D eigenvalue weighted by Crippen LogP contribution is -2.16. The number of alkyl halides is 3. The summed E-state index contributed by atoms with van der Waals surface area (Å²) < 4.78 is 40.2. The zero-order valence-electron chi connectivity index (χ0n) is 11.1. The molecule has 0 fully saturated rings. The molecule has 0 aliphatic carbocycles. The number of rotatable bonds is 3. The first-order valence-corrected chi connectivity index (χ1v) is 6.18. The predicted octanol–water partition coefficient (Wildman–Crippen LogP) is 4.77. The molecule has 0 aliphatic heterocycles. The van der Waals surface area contributed by atoms with Crippen LogP contribution in [0.15, 0.2) is 42.6 Å². The molecule has 5 heteroatoms. The number of ether oxygens (including phenoxy) is 1. The van der Waals surface area contributed by atoms with Gasteiger partial charge in [0.1, 0.15) is 5.75 Å². The van der Waals surface area contributed by atoms with Gasteiger partial charge in [-0.2, -0.15) is 0 Å². The summed E-state index contributed by atoms with van der Waals surface area (Å²) in [6, 6.07) is 9.52. The van der Waals surface area contributed by atoms with Crippen LogP contribution in [0.5, 0.6) is 5.75 Å². The van der Waals surface area contributed by atoms with E-state index in [-0.39, 0.29) is 11.7 Å². The number of hydrogen-bond donors (Lipinski definition) is 0. The Balaban J connectivity index is 2.31. The highest BCUT2D eigenvalue weighted by Crippen LogP contribution is 2.30. The molecule has 1 heterocycles. The number of nitrogens with zero attached hydrogens (tertiary/aromatic N) is 1. The smallest absolute Gasteiger partial charge is 0.406 e. The summed E-state index contributed by atoms with van der Waals surface area (Å²) in [5, 5.41) is 0. The average molecular weight is 281 g/mol. The van der Waals surface area contributed by atoms with Crippen LogP contribution in [0.2, 0.25) is 0 Å². The Morgan fingerprint density at radius 1 is 1.05 bits per heavy atom. The summed E-state index contributed by atoms with van der Waals surface area (Å²) in [4.78, 5) is 4.33. The number of pyridine rings is 1. The Morgan fingerprint density at radius 3 is 2.25 bits per heavy atom. The lowest BCUT2D eigenvalue weighted by Gasteiger charge is -2.12. The largest absolute Gasteiger partial charge is 0.573 e. The monoisotopic (exact) mass is 281 g/mol. The third kappa shape index (κ3) is 3.50. The molecule has 1 aromatic carbocycles. The summed E-state index contributed by atoms with van der Waals surface area (Å²) in [7, 11) is 0. The second-order valence-corrected chi connectivity index (χ2v) is 4.66. The molecule has 0 saturated heterocycles. The Hall–Kier alpha value is -2.04. The van der Waals surface area contributed by atoms with E-state index in [9.17, 15) is 13.2 Å². The molecule has 0 bridgehead atoms. The molecule has 2 aromatic rings. The third-order valence-electron chi connectivity index (χ3n) is 2.78. The van der Waals surface area contributed by atoms with Crippen LogP contribution in [0, 0.1) is 0 Å². The van der Waals surface area contributed by atoms with Crippen LogP contribution in [-0.2, 0) is 0 Å². The van der Waals surface area contributed by atoms with Crippen LogP contribution in [0.25, 0.3) is 11.1 Å². The van der Waals surface area contributed by atoms with Crippen LogP contribution in [0.1, 0.15) is 25.5 Å². The van der Waals surface area contributed by atoms with Crippen LogP contribution in [0.3, 0.4) is 0 Å². The lowest BCUT2D eigenvalue weighted by molar-refractivity contribution is -0.274. The number of aromatic nitrogens is 1. The molecule has 0 amide bonds. The highest BCUT2D eigenvalue weighted by Gasteiger charge is 2.30. The summed E-state index contributed by atoms with van der Waals surface area (Å²) in [5.74, 6) is 0.00791. The van der Waals surface area contributed by atoms with Gasteiger partial charge in [-0.15, -0.1) is 13.2 Å². The van der Waals surface area contributed by atoms with E-state index in [4.69, 9.17) is 0 Å². The second kappa shape index (κ2) is 5.53. The van der Waals surface area contributed by atoms with Gasteiger partial charge in [-0.3, -0.25) is 4.98 Å². The number of hydrogen-bond acceptors (Lipinski definition) is 2. The fourth-order valence-electron chi connectivity index (χ4n) is 1.96. The van der Waals surface area contributed by atoms with Crippen molar-refractivity contribution in [1.82, 2.24) is 4.98 Å². The Labute approximate surface area is 115 Å². The molecule has 0 spiro atoms. The van der Waals surface area contributed by atoms with Crippen molar-refractivity contribution < 1.29 is 17.9 Å². The minimum absolute atomic E-state index is 0.226. The summed E-state index contributed by atoms with van der Waals surface area (Å²) >= 11 is 0. The second-order valence-electron chi connectivity index (χ2n) is 4.66. The Morgan fingerprint density at radius 2 is 1.70 bits per heavy atom. The van der Waals surface area contributed by atoms with Crippen molar-refractivity contribution in [3.05, 3.63) is 48.3 Å². The van der Waals surface area contributed by atoms with E-state index in [1.807, 2.05) is 19.9 Å². The predicted molar refractivity (Wildman–Crippen MR) is 70.4 cm³/mol. The van der Waals surface area contributed by atoms with E-state index in [1.165, 1.54) is 12.1 Å². The summed E-state index contributed by atoms with van der Waals surface area (Å²) in [5.41, 5.74) is 2.65. The van der Waals surface area contributed by atoms with Gasteiger partial charge >= 0.3 is 6.36 Å². The van der Waals surface area contributed by atoms with E-state index in [2.05, 4.69) is 9.72 Å². The molecule has 0 N–H and O–H groups in total. The summed E-state index contributed by atoms with van der Waals surface area (Å²) in [6.45, 7) is 4.04. The standard InChI is InChI=1S/C15H14F3NO/c1-10(2)14-13(4-3-9-19-14)11-5-7-12(8-6-11)20-15(16,17)18/h3-10H,1-2H3. The molecule has 1 aromatic heterocycles. The van der Waals surface area contributed by atoms with Gasteiger partial charge in [-0.1, -0.05) is 32.0 Å². The molecule has 0 atom stereocenters. The van der Waals surface area contributed by atoms with Gasteiger partial charge in [0.15, 0.2) is 0 Å². The van der Waals surface area contributed by atoms with Gasteiger partial charge in [0, 0.05) is 11.8 Å². The molecule has 0 saturated carbocycles. The van der Waals surface area contributed by atoms with Crippen molar-refractivity contribution in [3.63, 3.8) is 0 Å². The van der Waals surface area contributed by atoms with E-state index in [0.717, 1.165) is 16.8 Å². The maximum atomic E-state index is 12.1. The molecule has 2 rings (SSSR count). The molecule has 20 heavy (non-hydrogen) atoms. The number of halogens is 3. The SMILES string of the molecule is CC(C)c1ncccc1-c1ccc(OC(F)(F)F)cc1. The normalized spacial score (nSPS) is 11.7. The van der Waals surface area contributed by atoms with Crippen molar-refractivity contribution in [2.24, 2.45) is 0 Å².